The molecule has 1 aliphatic rings. The molecule has 0 amide bonds. The van der Waals surface area contributed by atoms with E-state index >= 15 is 0 Å². The molecule has 2 nitrogen and oxygen atoms in total. The first-order chi connectivity index (χ1) is 9.06. The first-order valence-corrected chi connectivity index (χ1v) is 7.61. The Bertz CT molecular complexity index is 430. The highest BCUT2D eigenvalue weighted by Crippen LogP contribution is 2.37. The normalized spacial score (nSPS) is 19.6. The van der Waals surface area contributed by atoms with Crippen LogP contribution >= 0.6 is 23.2 Å². The highest BCUT2D eigenvalue weighted by Gasteiger charge is 2.33. The van der Waals surface area contributed by atoms with Crippen molar-refractivity contribution in [3.63, 3.8) is 0 Å². The summed E-state index contributed by atoms with van der Waals surface area (Å²) in [5.41, 5.74) is 1.20. The van der Waals surface area contributed by atoms with E-state index in [9.17, 15) is 5.11 Å². The predicted octanol–water partition coefficient (Wildman–Crippen LogP) is 4.20. The van der Waals surface area contributed by atoms with Gasteiger partial charge in [-0.1, -0.05) is 42.1 Å². The van der Waals surface area contributed by atoms with Crippen molar-refractivity contribution in [2.75, 3.05) is 13.2 Å². The summed E-state index contributed by atoms with van der Waals surface area (Å²) in [5.74, 6) is 0. The molecule has 2 rings (SSSR count). The van der Waals surface area contributed by atoms with Gasteiger partial charge in [0.2, 0.25) is 0 Å². The number of aliphatic hydroxyl groups excluding tert-OH is 1. The van der Waals surface area contributed by atoms with E-state index in [1.807, 2.05) is 18.2 Å². The SMILES string of the molecule is CC(NCC1(CO)CCCC1)c1ccc(Cl)c(Cl)c1. The molecule has 1 aromatic carbocycles. The van der Waals surface area contributed by atoms with Gasteiger partial charge in [0.1, 0.15) is 0 Å². The number of rotatable bonds is 5. The molecule has 1 unspecified atom stereocenters. The summed E-state index contributed by atoms with van der Waals surface area (Å²) in [6, 6.07) is 5.93. The molecule has 19 heavy (non-hydrogen) atoms. The fraction of sp³-hybridized carbons (Fsp3) is 0.600. The van der Waals surface area contributed by atoms with Crippen molar-refractivity contribution in [2.45, 2.75) is 38.6 Å². The van der Waals surface area contributed by atoms with Crippen LogP contribution in [0.1, 0.15) is 44.2 Å². The van der Waals surface area contributed by atoms with E-state index < -0.39 is 0 Å². The van der Waals surface area contributed by atoms with Gasteiger partial charge in [-0.25, -0.2) is 0 Å². The average Bonchev–Trinajstić information content (AvgIpc) is 2.89. The van der Waals surface area contributed by atoms with Gasteiger partial charge in [0, 0.05) is 24.6 Å². The second-order valence-corrected chi connectivity index (χ2v) is 6.46. The van der Waals surface area contributed by atoms with E-state index in [1.54, 1.807) is 0 Å². The third kappa shape index (κ3) is 3.63. The average molecular weight is 302 g/mol. The van der Waals surface area contributed by atoms with Crippen molar-refractivity contribution in [1.29, 1.82) is 0 Å². The topological polar surface area (TPSA) is 32.3 Å². The van der Waals surface area contributed by atoms with E-state index in [2.05, 4.69) is 12.2 Å². The third-order valence-electron chi connectivity index (χ3n) is 4.23. The first kappa shape index (κ1) is 15.1. The van der Waals surface area contributed by atoms with E-state index in [0.29, 0.717) is 10.0 Å². The van der Waals surface area contributed by atoms with E-state index in [1.165, 1.54) is 12.8 Å². The van der Waals surface area contributed by atoms with Gasteiger partial charge in [0.25, 0.3) is 0 Å². The highest BCUT2D eigenvalue weighted by molar-refractivity contribution is 6.42. The molecule has 1 aliphatic carbocycles. The first-order valence-electron chi connectivity index (χ1n) is 6.85. The van der Waals surface area contributed by atoms with Gasteiger partial charge < -0.3 is 10.4 Å². The molecule has 0 spiro atoms. The lowest BCUT2D eigenvalue weighted by atomic mass is 9.87. The summed E-state index contributed by atoms with van der Waals surface area (Å²) < 4.78 is 0. The number of hydrogen-bond donors (Lipinski definition) is 2. The lowest BCUT2D eigenvalue weighted by molar-refractivity contribution is 0.125. The monoisotopic (exact) mass is 301 g/mol. The Balaban J connectivity index is 1.96. The van der Waals surface area contributed by atoms with Gasteiger partial charge in [-0.15, -0.1) is 0 Å². The molecule has 0 radical (unpaired) electrons. The second-order valence-electron chi connectivity index (χ2n) is 5.64. The molecular formula is C15H21Cl2NO. The van der Waals surface area contributed by atoms with Crippen molar-refractivity contribution >= 4 is 23.2 Å². The zero-order valence-corrected chi connectivity index (χ0v) is 12.8. The van der Waals surface area contributed by atoms with Crippen molar-refractivity contribution in [2.24, 2.45) is 5.41 Å². The van der Waals surface area contributed by atoms with Gasteiger partial charge in [0.05, 0.1) is 10.0 Å². The quantitative estimate of drug-likeness (QED) is 0.854. The van der Waals surface area contributed by atoms with E-state index in [4.69, 9.17) is 23.2 Å². The fourth-order valence-electron chi connectivity index (χ4n) is 2.78. The molecule has 0 heterocycles. The van der Waals surface area contributed by atoms with Crippen LogP contribution < -0.4 is 5.32 Å². The maximum atomic E-state index is 9.60. The Kier molecular flexibility index (Phi) is 5.13. The number of halogens is 2. The maximum Gasteiger partial charge on any atom is 0.0595 e. The van der Waals surface area contributed by atoms with Crippen molar-refractivity contribution in [1.82, 2.24) is 5.32 Å². The van der Waals surface area contributed by atoms with Gasteiger partial charge in [-0.3, -0.25) is 0 Å². The molecule has 2 N–H and O–H groups in total. The summed E-state index contributed by atoms with van der Waals surface area (Å²) >= 11 is 12.0. The number of aliphatic hydroxyl groups is 1. The Hall–Kier alpha value is -0.280. The van der Waals surface area contributed by atoms with Gasteiger partial charge in [-0.05, 0) is 37.5 Å². The van der Waals surface area contributed by atoms with Crippen LogP contribution in [0.3, 0.4) is 0 Å². The molecule has 1 aromatic rings. The maximum absolute atomic E-state index is 9.60. The molecule has 1 saturated carbocycles. The third-order valence-corrected chi connectivity index (χ3v) is 4.97. The Morgan fingerprint density at radius 1 is 1.26 bits per heavy atom. The molecule has 0 saturated heterocycles. The Morgan fingerprint density at radius 3 is 2.53 bits per heavy atom. The van der Waals surface area contributed by atoms with Crippen LogP contribution in [-0.2, 0) is 0 Å². The van der Waals surface area contributed by atoms with Crippen molar-refractivity contribution in [3.05, 3.63) is 33.8 Å². The van der Waals surface area contributed by atoms with Gasteiger partial charge in [0.15, 0.2) is 0 Å². The second kappa shape index (κ2) is 6.45. The predicted molar refractivity (Wildman–Crippen MR) is 80.9 cm³/mol. The summed E-state index contributed by atoms with van der Waals surface area (Å²) in [6.45, 7) is 3.23. The minimum atomic E-state index is 0.0739. The minimum Gasteiger partial charge on any atom is -0.396 e. The Morgan fingerprint density at radius 2 is 1.95 bits per heavy atom. The largest absolute Gasteiger partial charge is 0.396 e. The molecule has 106 valence electrons. The molecule has 4 heteroatoms. The smallest absolute Gasteiger partial charge is 0.0595 e. The fourth-order valence-corrected chi connectivity index (χ4v) is 3.09. The molecular weight excluding hydrogens is 281 g/mol. The van der Waals surface area contributed by atoms with Crippen LogP contribution in [0.25, 0.3) is 0 Å². The lowest BCUT2D eigenvalue weighted by Crippen LogP contribution is -2.36. The molecule has 0 aliphatic heterocycles. The summed E-state index contributed by atoms with van der Waals surface area (Å²) in [7, 11) is 0. The van der Waals surface area contributed by atoms with Crippen LogP contribution in [0, 0.1) is 5.41 Å². The lowest BCUT2D eigenvalue weighted by Gasteiger charge is -2.29. The summed E-state index contributed by atoms with van der Waals surface area (Å²) in [6.07, 6.45) is 4.68. The van der Waals surface area contributed by atoms with Crippen LogP contribution in [-0.4, -0.2) is 18.3 Å². The summed E-state index contributed by atoms with van der Waals surface area (Å²) in [4.78, 5) is 0. The van der Waals surface area contributed by atoms with Crippen LogP contribution in [0.2, 0.25) is 10.0 Å². The zero-order chi connectivity index (χ0) is 13.9. The van der Waals surface area contributed by atoms with Crippen molar-refractivity contribution in [3.8, 4) is 0 Å². The molecule has 1 fully saturated rings. The molecule has 0 bridgehead atoms. The Labute approximate surface area is 125 Å². The van der Waals surface area contributed by atoms with Gasteiger partial charge >= 0.3 is 0 Å². The molecule has 0 aromatic heterocycles. The standard InChI is InChI=1S/C15H21Cl2NO/c1-11(12-4-5-13(16)14(17)8-12)18-9-15(10-19)6-2-3-7-15/h4-5,8,11,18-19H,2-3,6-7,9-10H2,1H3. The highest BCUT2D eigenvalue weighted by atomic mass is 35.5. The van der Waals surface area contributed by atoms with Crippen LogP contribution in [0.5, 0.6) is 0 Å². The number of hydrogen-bond acceptors (Lipinski definition) is 2. The summed E-state index contributed by atoms with van der Waals surface area (Å²) in [5, 5.41) is 14.3. The van der Waals surface area contributed by atoms with Gasteiger partial charge in [-0.2, -0.15) is 0 Å². The number of benzene rings is 1. The van der Waals surface area contributed by atoms with E-state index in [0.717, 1.165) is 24.9 Å². The molecule has 1 atom stereocenters. The van der Waals surface area contributed by atoms with Crippen LogP contribution in [0.15, 0.2) is 18.2 Å². The van der Waals surface area contributed by atoms with Crippen LogP contribution in [0.4, 0.5) is 0 Å². The van der Waals surface area contributed by atoms with E-state index in [-0.39, 0.29) is 18.1 Å². The van der Waals surface area contributed by atoms with Crippen molar-refractivity contribution < 1.29 is 5.11 Å². The zero-order valence-electron chi connectivity index (χ0n) is 11.3. The minimum absolute atomic E-state index is 0.0739. The number of nitrogens with one attached hydrogen (secondary N) is 1.